The van der Waals surface area contributed by atoms with Crippen molar-refractivity contribution in [3.8, 4) is 11.5 Å². The van der Waals surface area contributed by atoms with Crippen LogP contribution in [0, 0.1) is 20.8 Å². The van der Waals surface area contributed by atoms with Crippen LogP contribution in [0.4, 0.5) is 0 Å². The summed E-state index contributed by atoms with van der Waals surface area (Å²) in [4.78, 5) is 6.96. The van der Waals surface area contributed by atoms with Gasteiger partial charge in [0.05, 0.1) is 11.6 Å². The second-order valence-electron chi connectivity index (χ2n) is 5.63. The molecule has 1 N–H and O–H groups in total. The van der Waals surface area contributed by atoms with Crippen LogP contribution in [0.25, 0.3) is 11.5 Å². The normalized spacial score (nSPS) is 18.1. The molecular formula is C15H22N4O2. The van der Waals surface area contributed by atoms with Crippen LogP contribution in [0.1, 0.15) is 35.9 Å². The highest BCUT2D eigenvalue weighted by Crippen LogP contribution is 2.31. The second-order valence-corrected chi connectivity index (χ2v) is 5.63. The van der Waals surface area contributed by atoms with Crippen molar-refractivity contribution in [2.75, 3.05) is 26.2 Å². The Bertz CT molecular complexity index is 626. The maximum Gasteiger partial charge on any atom is 0.261 e. The highest BCUT2D eigenvalue weighted by atomic mass is 16.5. The molecule has 0 saturated carbocycles. The first kappa shape index (κ1) is 14.3. The molecule has 0 spiro atoms. The van der Waals surface area contributed by atoms with Crippen molar-refractivity contribution in [1.82, 2.24) is 20.4 Å². The minimum absolute atomic E-state index is 0.165. The molecule has 0 bridgehead atoms. The number of hydrogen-bond acceptors (Lipinski definition) is 6. The van der Waals surface area contributed by atoms with Gasteiger partial charge in [-0.25, -0.2) is 0 Å². The first-order chi connectivity index (χ1) is 10.1. The van der Waals surface area contributed by atoms with E-state index >= 15 is 0 Å². The predicted octanol–water partition coefficient (Wildman–Crippen LogP) is 2.22. The minimum Gasteiger partial charge on any atom is -0.466 e. The molecule has 1 unspecified atom stereocenters. The van der Waals surface area contributed by atoms with Crippen molar-refractivity contribution in [1.29, 1.82) is 0 Å². The summed E-state index contributed by atoms with van der Waals surface area (Å²) in [5, 5.41) is 7.52. The van der Waals surface area contributed by atoms with Crippen molar-refractivity contribution in [3.05, 3.63) is 22.9 Å². The Morgan fingerprint density at radius 1 is 1.14 bits per heavy atom. The Labute approximate surface area is 124 Å². The molecule has 3 rings (SSSR count). The zero-order chi connectivity index (χ0) is 15.0. The number of aryl methyl sites for hydroxylation is 2. The maximum atomic E-state index is 5.64. The summed E-state index contributed by atoms with van der Waals surface area (Å²) in [6.45, 7) is 12.1. The fraction of sp³-hybridized carbons (Fsp3) is 0.600. The first-order valence-corrected chi connectivity index (χ1v) is 7.43. The van der Waals surface area contributed by atoms with E-state index in [1.807, 2.05) is 20.8 Å². The molecule has 0 radical (unpaired) electrons. The highest BCUT2D eigenvalue weighted by Gasteiger charge is 2.25. The van der Waals surface area contributed by atoms with Gasteiger partial charge in [0, 0.05) is 31.7 Å². The van der Waals surface area contributed by atoms with Gasteiger partial charge in [0.2, 0.25) is 0 Å². The van der Waals surface area contributed by atoms with E-state index < -0.39 is 0 Å². The Hall–Kier alpha value is -1.66. The molecule has 6 heteroatoms. The van der Waals surface area contributed by atoms with Crippen LogP contribution in [0.5, 0.6) is 0 Å². The fourth-order valence-corrected chi connectivity index (χ4v) is 2.85. The first-order valence-electron chi connectivity index (χ1n) is 7.43. The van der Waals surface area contributed by atoms with Gasteiger partial charge in [-0.1, -0.05) is 5.16 Å². The van der Waals surface area contributed by atoms with Crippen molar-refractivity contribution < 1.29 is 8.94 Å². The Morgan fingerprint density at radius 3 is 2.48 bits per heavy atom. The van der Waals surface area contributed by atoms with E-state index in [1.54, 1.807) is 0 Å². The topological polar surface area (TPSA) is 67.3 Å². The van der Waals surface area contributed by atoms with Crippen molar-refractivity contribution in [2.45, 2.75) is 33.7 Å². The third kappa shape index (κ3) is 2.61. The monoisotopic (exact) mass is 290 g/mol. The molecule has 1 aliphatic rings. The summed E-state index contributed by atoms with van der Waals surface area (Å²) in [6, 6.07) is 0.165. The molecule has 1 fully saturated rings. The van der Waals surface area contributed by atoms with E-state index in [9.17, 15) is 0 Å². The maximum absolute atomic E-state index is 5.64. The summed E-state index contributed by atoms with van der Waals surface area (Å²) in [6.07, 6.45) is 0. The molecule has 1 aliphatic heterocycles. The third-order valence-corrected chi connectivity index (χ3v) is 4.29. The van der Waals surface area contributed by atoms with Gasteiger partial charge < -0.3 is 14.3 Å². The van der Waals surface area contributed by atoms with Crippen LogP contribution in [-0.4, -0.2) is 41.2 Å². The van der Waals surface area contributed by atoms with E-state index in [-0.39, 0.29) is 6.04 Å². The highest BCUT2D eigenvalue weighted by molar-refractivity contribution is 5.61. The van der Waals surface area contributed by atoms with Crippen molar-refractivity contribution in [3.63, 3.8) is 0 Å². The van der Waals surface area contributed by atoms with E-state index in [4.69, 9.17) is 8.94 Å². The van der Waals surface area contributed by atoms with Crippen molar-refractivity contribution >= 4 is 0 Å². The number of piperazine rings is 1. The molecule has 1 saturated heterocycles. The molecule has 0 aliphatic carbocycles. The molecule has 3 heterocycles. The van der Waals surface area contributed by atoms with Crippen LogP contribution < -0.4 is 5.32 Å². The minimum atomic E-state index is 0.165. The molecular weight excluding hydrogens is 268 g/mol. The molecule has 114 valence electrons. The molecule has 2 aromatic rings. The lowest BCUT2D eigenvalue weighted by Crippen LogP contribution is -2.44. The smallest absolute Gasteiger partial charge is 0.261 e. The van der Waals surface area contributed by atoms with E-state index in [0.717, 1.165) is 54.7 Å². The largest absolute Gasteiger partial charge is 0.466 e. The second kappa shape index (κ2) is 5.61. The average molecular weight is 290 g/mol. The summed E-state index contributed by atoms with van der Waals surface area (Å²) in [5.41, 5.74) is 2.00. The summed E-state index contributed by atoms with van der Waals surface area (Å²) < 4.78 is 11.1. The zero-order valence-corrected chi connectivity index (χ0v) is 13.1. The quantitative estimate of drug-likeness (QED) is 0.935. The molecule has 0 amide bonds. The Morgan fingerprint density at radius 2 is 1.86 bits per heavy atom. The van der Waals surface area contributed by atoms with Gasteiger partial charge in [-0.05, 0) is 27.7 Å². The SMILES string of the molecule is Cc1oc(C)c(-c2nc(C(C)N3CCNCC3)no2)c1C. The van der Waals surface area contributed by atoms with Gasteiger partial charge >= 0.3 is 0 Å². The third-order valence-electron chi connectivity index (χ3n) is 4.29. The van der Waals surface area contributed by atoms with E-state index in [2.05, 4.69) is 27.3 Å². The summed E-state index contributed by atoms with van der Waals surface area (Å²) in [7, 11) is 0. The van der Waals surface area contributed by atoms with Crippen LogP contribution in [0.15, 0.2) is 8.94 Å². The van der Waals surface area contributed by atoms with Crippen LogP contribution in [0.2, 0.25) is 0 Å². The fourth-order valence-electron chi connectivity index (χ4n) is 2.85. The molecule has 2 aromatic heterocycles. The molecule has 0 aromatic carbocycles. The number of rotatable bonds is 3. The number of aromatic nitrogens is 2. The van der Waals surface area contributed by atoms with Gasteiger partial charge in [-0.3, -0.25) is 4.90 Å². The van der Waals surface area contributed by atoms with Crippen molar-refractivity contribution in [2.24, 2.45) is 0 Å². The molecule has 1 atom stereocenters. The van der Waals surface area contributed by atoms with Crippen LogP contribution >= 0.6 is 0 Å². The molecule has 6 nitrogen and oxygen atoms in total. The number of nitrogens with zero attached hydrogens (tertiary/aromatic N) is 3. The number of nitrogens with one attached hydrogen (secondary N) is 1. The van der Waals surface area contributed by atoms with E-state index in [1.165, 1.54) is 0 Å². The van der Waals surface area contributed by atoms with Gasteiger partial charge in [-0.2, -0.15) is 4.98 Å². The van der Waals surface area contributed by atoms with Crippen LogP contribution in [-0.2, 0) is 0 Å². The van der Waals surface area contributed by atoms with E-state index in [0.29, 0.717) is 5.89 Å². The average Bonchev–Trinajstić information content (AvgIpc) is 3.05. The van der Waals surface area contributed by atoms with Gasteiger partial charge in [-0.15, -0.1) is 0 Å². The molecule has 21 heavy (non-hydrogen) atoms. The summed E-state index contributed by atoms with van der Waals surface area (Å²) in [5.74, 6) is 3.02. The van der Waals surface area contributed by atoms with Crippen LogP contribution in [0.3, 0.4) is 0 Å². The van der Waals surface area contributed by atoms with Gasteiger partial charge in [0.15, 0.2) is 5.82 Å². The Kier molecular flexibility index (Phi) is 3.82. The van der Waals surface area contributed by atoms with Gasteiger partial charge in [0.25, 0.3) is 5.89 Å². The lowest BCUT2D eigenvalue weighted by Gasteiger charge is -2.30. The zero-order valence-electron chi connectivity index (χ0n) is 13.1. The lowest BCUT2D eigenvalue weighted by atomic mass is 10.1. The standard InChI is InChI=1S/C15H22N4O2/c1-9-11(3)20-12(4)13(9)15-17-14(18-21-15)10(2)19-7-5-16-6-8-19/h10,16H,5-8H2,1-4H3. The predicted molar refractivity (Wildman–Crippen MR) is 79.1 cm³/mol. The number of hydrogen-bond donors (Lipinski definition) is 1. The number of furan rings is 1. The lowest BCUT2D eigenvalue weighted by molar-refractivity contribution is 0.176. The summed E-state index contributed by atoms with van der Waals surface area (Å²) >= 11 is 0. The Balaban J connectivity index is 1.85. The van der Waals surface area contributed by atoms with Gasteiger partial charge in [0.1, 0.15) is 11.5 Å².